The molecule has 1 aliphatic heterocycles. The summed E-state index contributed by atoms with van der Waals surface area (Å²) in [5.74, 6) is 0.0462. The molecule has 1 unspecified atom stereocenters. The summed E-state index contributed by atoms with van der Waals surface area (Å²) < 4.78 is 5.39. The zero-order valence-corrected chi connectivity index (χ0v) is 9.84. The first kappa shape index (κ1) is 11.9. The van der Waals surface area contributed by atoms with Gasteiger partial charge < -0.3 is 15.8 Å². The van der Waals surface area contributed by atoms with Gasteiger partial charge in [0.25, 0.3) is 0 Å². The van der Waals surface area contributed by atoms with Gasteiger partial charge >= 0.3 is 0 Å². The van der Waals surface area contributed by atoms with Crippen LogP contribution < -0.4 is 11.1 Å². The molecule has 0 aromatic carbocycles. The van der Waals surface area contributed by atoms with Gasteiger partial charge in [0.05, 0.1) is 5.54 Å². The lowest BCUT2D eigenvalue weighted by Gasteiger charge is -2.37. The molecule has 0 aromatic heterocycles. The third kappa shape index (κ3) is 2.55. The third-order valence-electron chi connectivity index (χ3n) is 3.81. The molecule has 2 rings (SSSR count). The number of nitrogens with two attached hydrogens (primary N) is 1. The van der Waals surface area contributed by atoms with Gasteiger partial charge in [-0.1, -0.05) is 19.3 Å². The molecule has 1 atom stereocenters. The summed E-state index contributed by atoms with van der Waals surface area (Å²) in [5, 5.41) is 3.14. The third-order valence-corrected chi connectivity index (χ3v) is 3.81. The first-order valence-corrected chi connectivity index (χ1v) is 6.39. The minimum atomic E-state index is -0.231. The summed E-state index contributed by atoms with van der Waals surface area (Å²) in [6, 6.07) is 0. The van der Waals surface area contributed by atoms with Gasteiger partial charge in [0.1, 0.15) is 6.10 Å². The van der Waals surface area contributed by atoms with E-state index in [2.05, 4.69) is 5.32 Å². The van der Waals surface area contributed by atoms with Crippen molar-refractivity contribution in [2.75, 3.05) is 13.2 Å². The van der Waals surface area contributed by atoms with Crippen molar-refractivity contribution in [1.29, 1.82) is 0 Å². The summed E-state index contributed by atoms with van der Waals surface area (Å²) >= 11 is 0. The van der Waals surface area contributed by atoms with E-state index < -0.39 is 0 Å². The Kier molecular flexibility index (Phi) is 3.82. The highest BCUT2D eigenvalue weighted by Gasteiger charge is 2.35. The van der Waals surface area contributed by atoms with Crippen molar-refractivity contribution in [2.45, 2.75) is 56.6 Å². The highest BCUT2D eigenvalue weighted by molar-refractivity contribution is 5.81. The van der Waals surface area contributed by atoms with Crippen LogP contribution in [0.1, 0.15) is 44.9 Å². The molecular weight excluding hydrogens is 204 g/mol. The van der Waals surface area contributed by atoms with Crippen molar-refractivity contribution in [2.24, 2.45) is 5.73 Å². The van der Waals surface area contributed by atoms with E-state index in [0.29, 0.717) is 13.2 Å². The molecule has 92 valence electrons. The van der Waals surface area contributed by atoms with Gasteiger partial charge in [-0.25, -0.2) is 0 Å². The van der Waals surface area contributed by atoms with Gasteiger partial charge in [-0.05, 0) is 25.7 Å². The molecule has 1 amide bonds. The minimum Gasteiger partial charge on any atom is -0.368 e. The zero-order valence-electron chi connectivity index (χ0n) is 9.84. The molecule has 0 aromatic rings. The fourth-order valence-electron chi connectivity index (χ4n) is 2.73. The molecule has 4 heteroatoms. The van der Waals surface area contributed by atoms with Crippen LogP contribution in [-0.4, -0.2) is 30.7 Å². The van der Waals surface area contributed by atoms with Crippen LogP contribution >= 0.6 is 0 Å². The number of carbonyl (C=O) groups is 1. The number of hydrogen-bond acceptors (Lipinski definition) is 3. The lowest BCUT2D eigenvalue weighted by atomic mass is 9.81. The molecule has 1 heterocycles. The molecule has 3 N–H and O–H groups in total. The van der Waals surface area contributed by atoms with E-state index in [1.807, 2.05) is 0 Å². The summed E-state index contributed by atoms with van der Waals surface area (Å²) in [6.07, 6.45) is 7.25. The van der Waals surface area contributed by atoms with E-state index in [-0.39, 0.29) is 17.6 Å². The van der Waals surface area contributed by atoms with E-state index in [4.69, 9.17) is 10.5 Å². The number of carbonyl (C=O) groups excluding carboxylic acids is 1. The summed E-state index contributed by atoms with van der Waals surface area (Å²) in [7, 11) is 0. The molecule has 1 saturated heterocycles. The van der Waals surface area contributed by atoms with Crippen LogP contribution in [0.15, 0.2) is 0 Å². The lowest BCUT2D eigenvalue weighted by Crippen LogP contribution is -2.56. The lowest BCUT2D eigenvalue weighted by molar-refractivity contribution is -0.132. The highest BCUT2D eigenvalue weighted by Crippen LogP contribution is 2.27. The van der Waals surface area contributed by atoms with E-state index in [1.54, 1.807) is 0 Å². The molecular formula is C12H22N2O2. The van der Waals surface area contributed by atoms with Gasteiger partial charge in [0, 0.05) is 13.2 Å². The monoisotopic (exact) mass is 226 g/mol. The smallest absolute Gasteiger partial charge is 0.249 e. The fourth-order valence-corrected chi connectivity index (χ4v) is 2.73. The SMILES string of the molecule is NCC1(NC(=O)C2CCCO2)CCCCC1. The Hall–Kier alpha value is -0.610. The Labute approximate surface area is 96.9 Å². The van der Waals surface area contributed by atoms with Crippen LogP contribution in [0.25, 0.3) is 0 Å². The standard InChI is InChI=1S/C12H22N2O2/c13-9-12(6-2-1-3-7-12)14-11(15)10-5-4-8-16-10/h10H,1-9,13H2,(H,14,15). The second-order valence-corrected chi connectivity index (χ2v) is 5.04. The number of amides is 1. The first-order valence-electron chi connectivity index (χ1n) is 6.39. The highest BCUT2D eigenvalue weighted by atomic mass is 16.5. The number of ether oxygens (including phenoxy) is 1. The van der Waals surface area contributed by atoms with Crippen molar-refractivity contribution in [3.05, 3.63) is 0 Å². The number of rotatable bonds is 3. The molecule has 16 heavy (non-hydrogen) atoms. The second kappa shape index (κ2) is 5.15. The average molecular weight is 226 g/mol. The largest absolute Gasteiger partial charge is 0.368 e. The fraction of sp³-hybridized carbons (Fsp3) is 0.917. The Morgan fingerprint density at radius 1 is 1.31 bits per heavy atom. The van der Waals surface area contributed by atoms with Crippen molar-refractivity contribution in [3.63, 3.8) is 0 Å². The van der Waals surface area contributed by atoms with E-state index in [9.17, 15) is 4.79 Å². The maximum atomic E-state index is 12.0. The van der Waals surface area contributed by atoms with Gasteiger partial charge in [-0.15, -0.1) is 0 Å². The van der Waals surface area contributed by atoms with Gasteiger partial charge in [0.15, 0.2) is 0 Å². The average Bonchev–Trinajstić information content (AvgIpc) is 2.84. The quantitative estimate of drug-likeness (QED) is 0.753. The Bertz CT molecular complexity index is 243. The normalized spacial score (nSPS) is 28.9. The van der Waals surface area contributed by atoms with Crippen LogP contribution in [0, 0.1) is 0 Å². The molecule has 1 aliphatic carbocycles. The van der Waals surface area contributed by atoms with E-state index in [1.165, 1.54) is 19.3 Å². The molecule has 2 fully saturated rings. The van der Waals surface area contributed by atoms with Gasteiger partial charge in [0.2, 0.25) is 5.91 Å². The van der Waals surface area contributed by atoms with Crippen molar-refractivity contribution >= 4 is 5.91 Å². The summed E-state index contributed by atoms with van der Waals surface area (Å²) in [6.45, 7) is 1.26. The molecule has 1 saturated carbocycles. The van der Waals surface area contributed by atoms with Crippen molar-refractivity contribution in [1.82, 2.24) is 5.32 Å². The minimum absolute atomic E-state index is 0.0462. The number of hydrogen-bond donors (Lipinski definition) is 2. The molecule has 2 aliphatic rings. The Balaban J connectivity index is 1.91. The molecule has 0 spiro atoms. The molecule has 0 radical (unpaired) electrons. The second-order valence-electron chi connectivity index (χ2n) is 5.04. The van der Waals surface area contributed by atoms with Crippen molar-refractivity contribution in [3.8, 4) is 0 Å². The summed E-state index contributed by atoms with van der Waals surface area (Å²) in [5.41, 5.74) is 5.68. The zero-order chi connectivity index (χ0) is 11.4. The molecule has 4 nitrogen and oxygen atoms in total. The predicted molar refractivity (Wildman–Crippen MR) is 62.0 cm³/mol. The molecule has 0 bridgehead atoms. The predicted octanol–water partition coefficient (Wildman–Crippen LogP) is 0.943. The van der Waals surface area contributed by atoms with Crippen LogP contribution in [0.2, 0.25) is 0 Å². The summed E-state index contributed by atoms with van der Waals surface area (Å²) in [4.78, 5) is 12.0. The van der Waals surface area contributed by atoms with Crippen LogP contribution in [-0.2, 0) is 9.53 Å². The number of nitrogens with one attached hydrogen (secondary N) is 1. The Morgan fingerprint density at radius 2 is 2.06 bits per heavy atom. The van der Waals surface area contributed by atoms with Crippen molar-refractivity contribution < 1.29 is 9.53 Å². The first-order chi connectivity index (χ1) is 7.76. The van der Waals surface area contributed by atoms with Gasteiger partial charge in [-0.2, -0.15) is 0 Å². The maximum Gasteiger partial charge on any atom is 0.249 e. The van der Waals surface area contributed by atoms with Crippen LogP contribution in [0.3, 0.4) is 0 Å². The van der Waals surface area contributed by atoms with E-state index in [0.717, 1.165) is 25.7 Å². The van der Waals surface area contributed by atoms with Crippen LogP contribution in [0.5, 0.6) is 0 Å². The van der Waals surface area contributed by atoms with E-state index >= 15 is 0 Å². The van der Waals surface area contributed by atoms with Gasteiger partial charge in [-0.3, -0.25) is 4.79 Å². The maximum absolute atomic E-state index is 12.0. The Morgan fingerprint density at radius 3 is 2.62 bits per heavy atom. The topological polar surface area (TPSA) is 64.3 Å². The van der Waals surface area contributed by atoms with Crippen LogP contribution in [0.4, 0.5) is 0 Å².